The van der Waals surface area contributed by atoms with Crippen molar-refractivity contribution in [1.29, 1.82) is 0 Å². The third-order valence-electron chi connectivity index (χ3n) is 2.89. The Morgan fingerprint density at radius 3 is 2.52 bits per heavy atom. The van der Waals surface area contributed by atoms with Crippen molar-refractivity contribution in [1.82, 2.24) is 4.98 Å². The van der Waals surface area contributed by atoms with Gasteiger partial charge in [-0.1, -0.05) is 19.1 Å². The molecule has 4 heteroatoms. The van der Waals surface area contributed by atoms with E-state index in [1.807, 2.05) is 43.3 Å². The number of hydrogen-bond acceptors (Lipinski definition) is 4. The van der Waals surface area contributed by atoms with Crippen molar-refractivity contribution >= 4 is 5.82 Å². The molecule has 0 saturated heterocycles. The van der Waals surface area contributed by atoms with E-state index in [0.717, 1.165) is 35.8 Å². The van der Waals surface area contributed by atoms with Crippen LogP contribution in [-0.4, -0.2) is 18.1 Å². The first-order valence-corrected chi connectivity index (χ1v) is 7.37. The Labute approximate surface area is 126 Å². The second-order valence-corrected chi connectivity index (χ2v) is 4.66. The number of nitrogens with one attached hydrogen (secondary N) is 1. The van der Waals surface area contributed by atoms with Crippen molar-refractivity contribution in [2.24, 2.45) is 0 Å². The summed E-state index contributed by atoms with van der Waals surface area (Å²) in [6.07, 6.45) is 2.76. The summed E-state index contributed by atoms with van der Waals surface area (Å²) >= 11 is 0. The number of ether oxygens (including phenoxy) is 2. The number of anilines is 1. The number of rotatable bonds is 8. The molecule has 0 aliphatic rings. The molecule has 0 spiro atoms. The fraction of sp³-hybridized carbons (Fsp3) is 0.353. The maximum absolute atomic E-state index is 5.87. The van der Waals surface area contributed by atoms with Crippen LogP contribution in [0.1, 0.15) is 25.8 Å². The highest BCUT2D eigenvalue weighted by Gasteiger charge is 2.04. The summed E-state index contributed by atoms with van der Waals surface area (Å²) in [4.78, 5) is 4.25. The summed E-state index contributed by atoms with van der Waals surface area (Å²) in [5.74, 6) is 2.43. The minimum absolute atomic E-state index is 0.493. The molecule has 0 radical (unpaired) electrons. The fourth-order valence-electron chi connectivity index (χ4n) is 1.90. The van der Waals surface area contributed by atoms with Crippen LogP contribution in [0.25, 0.3) is 0 Å². The van der Waals surface area contributed by atoms with Gasteiger partial charge in [0.15, 0.2) is 11.5 Å². The van der Waals surface area contributed by atoms with Crippen molar-refractivity contribution in [3.8, 4) is 11.5 Å². The monoisotopic (exact) mass is 286 g/mol. The van der Waals surface area contributed by atoms with Gasteiger partial charge in [0.1, 0.15) is 12.4 Å². The largest absolute Gasteiger partial charge is 0.490 e. The molecule has 0 saturated carbocycles. The molecule has 1 N–H and O–H groups in total. The molecular weight excluding hydrogens is 264 g/mol. The molecule has 0 unspecified atom stereocenters. The first-order valence-electron chi connectivity index (χ1n) is 7.37. The molecule has 0 aliphatic carbocycles. The lowest BCUT2D eigenvalue weighted by atomic mass is 10.2. The van der Waals surface area contributed by atoms with Crippen LogP contribution in [0, 0.1) is 0 Å². The molecule has 1 aromatic carbocycles. The molecule has 0 atom stereocenters. The number of pyridine rings is 1. The number of benzene rings is 1. The van der Waals surface area contributed by atoms with E-state index >= 15 is 0 Å². The lowest BCUT2D eigenvalue weighted by Crippen LogP contribution is -2.03. The molecule has 0 aliphatic heterocycles. The standard InChI is InChI=1S/C17H22N2O2/c1-3-11-20-15-7-5-6-8-16(15)21-13-14-9-10-19-17(12-14)18-4-2/h5-10,12H,3-4,11,13H2,1-2H3,(H,18,19). The van der Waals surface area contributed by atoms with Crippen molar-refractivity contribution in [2.45, 2.75) is 26.9 Å². The van der Waals surface area contributed by atoms with Gasteiger partial charge in [0, 0.05) is 12.7 Å². The molecule has 0 bridgehead atoms. The normalized spacial score (nSPS) is 10.2. The highest BCUT2D eigenvalue weighted by atomic mass is 16.5. The quantitative estimate of drug-likeness (QED) is 0.799. The van der Waals surface area contributed by atoms with E-state index in [1.165, 1.54) is 0 Å². The Hall–Kier alpha value is -2.23. The number of para-hydroxylation sites is 2. The fourth-order valence-corrected chi connectivity index (χ4v) is 1.90. The van der Waals surface area contributed by atoms with E-state index in [0.29, 0.717) is 13.2 Å². The highest BCUT2D eigenvalue weighted by Crippen LogP contribution is 2.27. The molecular formula is C17H22N2O2. The predicted molar refractivity (Wildman–Crippen MR) is 85.0 cm³/mol. The van der Waals surface area contributed by atoms with Gasteiger partial charge in [0.05, 0.1) is 6.61 Å². The minimum Gasteiger partial charge on any atom is -0.490 e. The van der Waals surface area contributed by atoms with E-state index < -0.39 is 0 Å². The maximum atomic E-state index is 5.87. The average Bonchev–Trinajstić information content (AvgIpc) is 2.52. The van der Waals surface area contributed by atoms with E-state index in [4.69, 9.17) is 9.47 Å². The van der Waals surface area contributed by atoms with E-state index in [-0.39, 0.29) is 0 Å². The van der Waals surface area contributed by atoms with Gasteiger partial charge < -0.3 is 14.8 Å². The molecule has 21 heavy (non-hydrogen) atoms. The summed E-state index contributed by atoms with van der Waals surface area (Å²) in [5, 5.41) is 3.19. The third-order valence-corrected chi connectivity index (χ3v) is 2.89. The van der Waals surface area contributed by atoms with Crippen LogP contribution >= 0.6 is 0 Å². The van der Waals surface area contributed by atoms with Crippen LogP contribution in [0.15, 0.2) is 42.6 Å². The zero-order chi connectivity index (χ0) is 14.9. The van der Waals surface area contributed by atoms with Crippen molar-refractivity contribution in [3.63, 3.8) is 0 Å². The second kappa shape index (κ2) is 8.15. The Balaban J connectivity index is 2.00. The van der Waals surface area contributed by atoms with Crippen LogP contribution < -0.4 is 14.8 Å². The summed E-state index contributed by atoms with van der Waals surface area (Å²) in [7, 11) is 0. The van der Waals surface area contributed by atoms with E-state index in [9.17, 15) is 0 Å². The van der Waals surface area contributed by atoms with Gasteiger partial charge in [-0.3, -0.25) is 0 Å². The zero-order valence-electron chi connectivity index (χ0n) is 12.6. The maximum Gasteiger partial charge on any atom is 0.161 e. The zero-order valence-corrected chi connectivity index (χ0v) is 12.6. The molecule has 112 valence electrons. The summed E-state index contributed by atoms with van der Waals surface area (Å²) in [5.41, 5.74) is 1.08. The highest BCUT2D eigenvalue weighted by molar-refractivity contribution is 5.40. The minimum atomic E-state index is 0.493. The number of aromatic nitrogens is 1. The van der Waals surface area contributed by atoms with Gasteiger partial charge in [0.2, 0.25) is 0 Å². The molecule has 2 rings (SSSR count). The lowest BCUT2D eigenvalue weighted by Gasteiger charge is -2.12. The first-order chi connectivity index (χ1) is 10.3. The van der Waals surface area contributed by atoms with E-state index in [2.05, 4.69) is 17.2 Å². The Morgan fingerprint density at radius 2 is 1.81 bits per heavy atom. The third kappa shape index (κ3) is 4.67. The smallest absolute Gasteiger partial charge is 0.161 e. The average molecular weight is 286 g/mol. The molecule has 2 aromatic rings. The van der Waals surface area contributed by atoms with Gasteiger partial charge in [-0.05, 0) is 43.2 Å². The predicted octanol–water partition coefficient (Wildman–Crippen LogP) is 3.88. The number of nitrogens with zero attached hydrogens (tertiary/aromatic N) is 1. The van der Waals surface area contributed by atoms with Crippen molar-refractivity contribution < 1.29 is 9.47 Å². The molecule has 1 heterocycles. The lowest BCUT2D eigenvalue weighted by molar-refractivity contribution is 0.262. The molecule has 0 fully saturated rings. The summed E-state index contributed by atoms with van der Waals surface area (Å²) < 4.78 is 11.6. The Morgan fingerprint density at radius 1 is 1.05 bits per heavy atom. The van der Waals surface area contributed by atoms with Crippen molar-refractivity contribution in [3.05, 3.63) is 48.2 Å². The van der Waals surface area contributed by atoms with Gasteiger partial charge in [-0.15, -0.1) is 0 Å². The van der Waals surface area contributed by atoms with Crippen LogP contribution in [0.3, 0.4) is 0 Å². The Bertz CT molecular complexity index is 558. The van der Waals surface area contributed by atoms with Crippen LogP contribution in [0.4, 0.5) is 5.82 Å². The second-order valence-electron chi connectivity index (χ2n) is 4.66. The first kappa shape index (κ1) is 15.2. The molecule has 1 aromatic heterocycles. The van der Waals surface area contributed by atoms with Crippen LogP contribution in [-0.2, 0) is 6.61 Å². The summed E-state index contributed by atoms with van der Waals surface area (Å²) in [6, 6.07) is 11.7. The van der Waals surface area contributed by atoms with Crippen LogP contribution in [0.5, 0.6) is 11.5 Å². The molecule has 4 nitrogen and oxygen atoms in total. The summed E-state index contributed by atoms with van der Waals surface area (Å²) in [6.45, 7) is 6.17. The SMILES string of the molecule is CCCOc1ccccc1OCc1ccnc(NCC)c1. The van der Waals surface area contributed by atoms with Gasteiger partial charge >= 0.3 is 0 Å². The van der Waals surface area contributed by atoms with E-state index in [1.54, 1.807) is 6.20 Å². The Kier molecular flexibility index (Phi) is 5.88. The number of hydrogen-bond donors (Lipinski definition) is 1. The van der Waals surface area contributed by atoms with Gasteiger partial charge in [-0.2, -0.15) is 0 Å². The van der Waals surface area contributed by atoms with Gasteiger partial charge in [0.25, 0.3) is 0 Å². The topological polar surface area (TPSA) is 43.4 Å². The van der Waals surface area contributed by atoms with Gasteiger partial charge in [-0.25, -0.2) is 4.98 Å². The van der Waals surface area contributed by atoms with Crippen molar-refractivity contribution in [2.75, 3.05) is 18.5 Å². The molecule has 0 amide bonds. The van der Waals surface area contributed by atoms with Crippen LogP contribution in [0.2, 0.25) is 0 Å².